The van der Waals surface area contributed by atoms with Gasteiger partial charge in [0, 0.05) is 12.1 Å². The molecule has 3 unspecified atom stereocenters. The number of hydrogen-bond acceptors (Lipinski definition) is 2. The van der Waals surface area contributed by atoms with E-state index in [2.05, 4.69) is 51.8 Å². The quantitative estimate of drug-likeness (QED) is 0.826. The molecule has 3 atom stereocenters. The van der Waals surface area contributed by atoms with E-state index in [9.17, 15) is 0 Å². The van der Waals surface area contributed by atoms with E-state index in [1.165, 1.54) is 32.4 Å². The Bertz CT molecular complexity index is 232. The van der Waals surface area contributed by atoms with Gasteiger partial charge in [0.2, 0.25) is 0 Å². The van der Waals surface area contributed by atoms with Crippen LogP contribution in [0, 0.1) is 11.3 Å². The monoisotopic (exact) mass is 254 g/mol. The van der Waals surface area contributed by atoms with Crippen LogP contribution in [0.5, 0.6) is 0 Å². The maximum Gasteiger partial charge on any atom is 0.0218 e. The van der Waals surface area contributed by atoms with E-state index in [1.54, 1.807) is 0 Å². The SMILES string of the molecule is CCNC(C)C(C)N1CCCC(C(C)(C)C)CC1. The molecule has 1 N–H and O–H groups in total. The summed E-state index contributed by atoms with van der Waals surface area (Å²) in [7, 11) is 0. The fraction of sp³-hybridized carbons (Fsp3) is 1.00. The minimum absolute atomic E-state index is 0.479. The summed E-state index contributed by atoms with van der Waals surface area (Å²) in [4.78, 5) is 2.69. The highest BCUT2D eigenvalue weighted by molar-refractivity contribution is 4.83. The van der Waals surface area contributed by atoms with E-state index in [1.807, 2.05) is 0 Å². The predicted molar refractivity (Wildman–Crippen MR) is 81.0 cm³/mol. The Hall–Kier alpha value is -0.0800. The highest BCUT2D eigenvalue weighted by Crippen LogP contribution is 2.34. The van der Waals surface area contributed by atoms with Crippen molar-refractivity contribution < 1.29 is 0 Å². The van der Waals surface area contributed by atoms with Crippen LogP contribution in [0.2, 0.25) is 0 Å². The van der Waals surface area contributed by atoms with Crippen molar-refractivity contribution in [2.75, 3.05) is 19.6 Å². The second-order valence-corrected chi connectivity index (χ2v) is 7.12. The molecule has 0 bridgehead atoms. The lowest BCUT2D eigenvalue weighted by Crippen LogP contribution is -2.47. The first-order chi connectivity index (χ1) is 8.36. The number of nitrogens with one attached hydrogen (secondary N) is 1. The van der Waals surface area contributed by atoms with Crippen LogP contribution in [0.4, 0.5) is 0 Å². The molecular weight excluding hydrogens is 220 g/mol. The fourth-order valence-electron chi connectivity index (χ4n) is 3.20. The van der Waals surface area contributed by atoms with Crippen molar-refractivity contribution in [3.63, 3.8) is 0 Å². The zero-order chi connectivity index (χ0) is 13.8. The zero-order valence-corrected chi connectivity index (χ0v) is 13.4. The molecule has 0 aliphatic carbocycles. The summed E-state index contributed by atoms with van der Waals surface area (Å²) in [5.74, 6) is 0.893. The molecule has 0 aromatic heterocycles. The van der Waals surface area contributed by atoms with Crippen LogP contribution in [0.25, 0.3) is 0 Å². The molecule has 2 heteroatoms. The van der Waals surface area contributed by atoms with Crippen molar-refractivity contribution in [2.45, 2.75) is 72.9 Å². The molecule has 1 rings (SSSR count). The molecule has 2 nitrogen and oxygen atoms in total. The highest BCUT2D eigenvalue weighted by Gasteiger charge is 2.29. The summed E-state index contributed by atoms with van der Waals surface area (Å²) in [6.45, 7) is 17.7. The van der Waals surface area contributed by atoms with Gasteiger partial charge in [0.1, 0.15) is 0 Å². The van der Waals surface area contributed by atoms with Crippen molar-refractivity contribution in [2.24, 2.45) is 11.3 Å². The van der Waals surface area contributed by atoms with Gasteiger partial charge >= 0.3 is 0 Å². The van der Waals surface area contributed by atoms with Crippen LogP contribution < -0.4 is 5.32 Å². The average molecular weight is 254 g/mol. The molecule has 1 aliphatic heterocycles. The summed E-state index contributed by atoms with van der Waals surface area (Å²) in [6.07, 6.45) is 4.14. The highest BCUT2D eigenvalue weighted by atomic mass is 15.2. The van der Waals surface area contributed by atoms with Crippen LogP contribution in [0.15, 0.2) is 0 Å². The van der Waals surface area contributed by atoms with E-state index >= 15 is 0 Å². The third kappa shape index (κ3) is 4.55. The van der Waals surface area contributed by atoms with Crippen LogP contribution in [-0.2, 0) is 0 Å². The Labute approximate surface area is 115 Å². The Morgan fingerprint density at radius 1 is 1.17 bits per heavy atom. The maximum absolute atomic E-state index is 3.56. The molecule has 1 saturated heterocycles. The minimum atomic E-state index is 0.479. The lowest BCUT2D eigenvalue weighted by atomic mass is 9.77. The smallest absolute Gasteiger partial charge is 0.0218 e. The lowest BCUT2D eigenvalue weighted by molar-refractivity contribution is 0.167. The normalized spacial score (nSPS) is 26.7. The number of likely N-dealkylation sites (N-methyl/N-ethyl adjacent to an activating group) is 1. The molecule has 0 amide bonds. The van der Waals surface area contributed by atoms with E-state index in [4.69, 9.17) is 0 Å². The van der Waals surface area contributed by atoms with Gasteiger partial charge in [-0.3, -0.25) is 4.90 Å². The molecule has 1 fully saturated rings. The van der Waals surface area contributed by atoms with Gasteiger partial charge in [-0.05, 0) is 64.1 Å². The summed E-state index contributed by atoms with van der Waals surface area (Å²) in [6, 6.07) is 1.25. The molecular formula is C16H34N2. The van der Waals surface area contributed by atoms with Crippen LogP contribution >= 0.6 is 0 Å². The maximum atomic E-state index is 3.56. The van der Waals surface area contributed by atoms with Gasteiger partial charge in [-0.25, -0.2) is 0 Å². The van der Waals surface area contributed by atoms with Crippen molar-refractivity contribution in [3.05, 3.63) is 0 Å². The van der Waals surface area contributed by atoms with Crippen molar-refractivity contribution >= 4 is 0 Å². The lowest BCUT2D eigenvalue weighted by Gasteiger charge is -2.33. The summed E-state index contributed by atoms with van der Waals surface area (Å²) >= 11 is 0. The number of hydrogen-bond donors (Lipinski definition) is 1. The van der Waals surface area contributed by atoms with E-state index in [0.29, 0.717) is 17.5 Å². The third-order valence-electron chi connectivity index (χ3n) is 4.81. The first kappa shape index (κ1) is 16.0. The predicted octanol–water partition coefficient (Wildman–Crippen LogP) is 3.52. The fourth-order valence-corrected chi connectivity index (χ4v) is 3.20. The molecule has 0 radical (unpaired) electrons. The molecule has 1 aliphatic rings. The molecule has 0 aromatic rings. The first-order valence-electron chi connectivity index (χ1n) is 7.83. The van der Waals surface area contributed by atoms with Crippen LogP contribution in [-0.4, -0.2) is 36.6 Å². The second kappa shape index (κ2) is 6.91. The number of rotatable bonds is 4. The Morgan fingerprint density at radius 2 is 1.83 bits per heavy atom. The van der Waals surface area contributed by atoms with Crippen molar-refractivity contribution in [3.8, 4) is 0 Å². The average Bonchev–Trinajstić information content (AvgIpc) is 2.53. The number of likely N-dealkylation sites (tertiary alicyclic amines) is 1. The summed E-state index contributed by atoms with van der Waals surface area (Å²) in [5, 5.41) is 3.56. The van der Waals surface area contributed by atoms with Crippen molar-refractivity contribution in [1.29, 1.82) is 0 Å². The van der Waals surface area contributed by atoms with Gasteiger partial charge in [-0.1, -0.05) is 27.7 Å². The molecule has 1 heterocycles. The Balaban J connectivity index is 2.51. The van der Waals surface area contributed by atoms with Gasteiger partial charge in [-0.15, -0.1) is 0 Å². The topological polar surface area (TPSA) is 15.3 Å². The molecule has 108 valence electrons. The third-order valence-corrected chi connectivity index (χ3v) is 4.81. The van der Waals surface area contributed by atoms with E-state index < -0.39 is 0 Å². The molecule has 18 heavy (non-hydrogen) atoms. The Morgan fingerprint density at radius 3 is 2.39 bits per heavy atom. The van der Waals surface area contributed by atoms with Crippen LogP contribution in [0.1, 0.15) is 60.8 Å². The summed E-state index contributed by atoms with van der Waals surface area (Å²) < 4.78 is 0. The first-order valence-corrected chi connectivity index (χ1v) is 7.83. The standard InChI is InChI=1S/C16H34N2/c1-7-17-13(2)14(3)18-11-8-9-15(10-12-18)16(4,5)6/h13-15,17H,7-12H2,1-6H3. The van der Waals surface area contributed by atoms with Gasteiger partial charge in [0.15, 0.2) is 0 Å². The molecule has 0 saturated carbocycles. The summed E-state index contributed by atoms with van der Waals surface area (Å²) in [5.41, 5.74) is 0.479. The zero-order valence-electron chi connectivity index (χ0n) is 13.4. The molecule has 0 aromatic carbocycles. The van der Waals surface area contributed by atoms with Gasteiger partial charge in [0.25, 0.3) is 0 Å². The van der Waals surface area contributed by atoms with Gasteiger partial charge in [0.05, 0.1) is 0 Å². The van der Waals surface area contributed by atoms with Crippen molar-refractivity contribution in [1.82, 2.24) is 10.2 Å². The number of nitrogens with zero attached hydrogens (tertiary/aromatic N) is 1. The minimum Gasteiger partial charge on any atom is -0.313 e. The van der Waals surface area contributed by atoms with Gasteiger partial charge in [-0.2, -0.15) is 0 Å². The molecule has 0 spiro atoms. The largest absolute Gasteiger partial charge is 0.313 e. The van der Waals surface area contributed by atoms with Gasteiger partial charge < -0.3 is 5.32 Å². The van der Waals surface area contributed by atoms with Crippen LogP contribution in [0.3, 0.4) is 0 Å². The Kier molecular flexibility index (Phi) is 6.13. The second-order valence-electron chi connectivity index (χ2n) is 7.12. The van der Waals surface area contributed by atoms with E-state index in [-0.39, 0.29) is 0 Å². The van der Waals surface area contributed by atoms with E-state index in [0.717, 1.165) is 12.5 Å².